The van der Waals surface area contributed by atoms with E-state index in [1.54, 1.807) is 13.0 Å². The van der Waals surface area contributed by atoms with Crippen LogP contribution in [0, 0.1) is 5.92 Å². The number of hydrogen-bond acceptors (Lipinski definition) is 4. The molecule has 0 N–H and O–H groups in total. The fraction of sp³-hybridized carbons (Fsp3) is 0.474. The van der Waals surface area contributed by atoms with Crippen molar-refractivity contribution in [3.05, 3.63) is 41.2 Å². The molecule has 1 atom stereocenters. The van der Waals surface area contributed by atoms with Crippen molar-refractivity contribution < 1.29 is 22.5 Å². The van der Waals surface area contributed by atoms with Gasteiger partial charge in [-0.15, -0.1) is 0 Å². The molecule has 1 aliphatic carbocycles. The molecule has 1 aromatic heterocycles. The van der Waals surface area contributed by atoms with Crippen LogP contribution >= 0.6 is 0 Å². The van der Waals surface area contributed by atoms with Gasteiger partial charge in [0, 0.05) is 30.3 Å². The van der Waals surface area contributed by atoms with Gasteiger partial charge in [0.15, 0.2) is 5.58 Å². The molecule has 0 bridgehead atoms. The standard InChI is InChI=1S/C19H19F3N2O2/c1-11(25)15-9-13(15)10-24-7-5-12(6-8-24)17-14-3-2-4-16(19(20,21)22)18(14)26-23-17/h2-4,10,12,15H,5-9H2,1H3/b13-10+/t15-/m0/s1. The Morgan fingerprint density at radius 3 is 2.65 bits per heavy atom. The summed E-state index contributed by atoms with van der Waals surface area (Å²) < 4.78 is 44.4. The third-order valence-corrected chi connectivity index (χ3v) is 5.31. The molecule has 4 nitrogen and oxygen atoms in total. The normalized spacial score (nSPS) is 23.0. The van der Waals surface area contributed by atoms with Crippen LogP contribution in [0.25, 0.3) is 11.0 Å². The van der Waals surface area contributed by atoms with Crippen molar-refractivity contribution in [2.45, 2.75) is 38.3 Å². The molecule has 0 spiro atoms. The number of likely N-dealkylation sites (tertiary alicyclic amines) is 1. The number of nitrogens with zero attached hydrogens (tertiary/aromatic N) is 2. The Hall–Kier alpha value is -2.31. The Balaban J connectivity index is 1.49. The zero-order valence-corrected chi connectivity index (χ0v) is 14.3. The minimum Gasteiger partial charge on any atom is -0.377 e. The maximum absolute atomic E-state index is 13.1. The predicted octanol–water partition coefficient (Wildman–Crippen LogP) is 4.52. The van der Waals surface area contributed by atoms with Crippen LogP contribution < -0.4 is 0 Å². The van der Waals surface area contributed by atoms with Crippen LogP contribution in [0.5, 0.6) is 0 Å². The van der Waals surface area contributed by atoms with Crippen LogP contribution in [0.4, 0.5) is 13.2 Å². The number of piperidine rings is 1. The van der Waals surface area contributed by atoms with E-state index >= 15 is 0 Å². The lowest BCUT2D eigenvalue weighted by molar-refractivity contribution is -0.137. The first-order valence-corrected chi connectivity index (χ1v) is 8.75. The maximum Gasteiger partial charge on any atom is 0.420 e. The second kappa shape index (κ2) is 6.14. The Kier molecular flexibility index (Phi) is 4.04. The molecule has 0 radical (unpaired) electrons. The van der Waals surface area contributed by atoms with Crippen molar-refractivity contribution in [2.24, 2.45) is 5.92 Å². The van der Waals surface area contributed by atoms with Gasteiger partial charge in [-0.25, -0.2) is 0 Å². The summed E-state index contributed by atoms with van der Waals surface area (Å²) in [6.07, 6.45) is 0.0660. The van der Waals surface area contributed by atoms with Crippen LogP contribution in [0.2, 0.25) is 0 Å². The molecule has 2 heterocycles. The number of carbonyl (C=O) groups is 1. The van der Waals surface area contributed by atoms with Crippen LogP contribution in [0.1, 0.15) is 43.4 Å². The number of carbonyl (C=O) groups excluding carboxylic acids is 1. The molecule has 1 aromatic carbocycles. The maximum atomic E-state index is 13.1. The summed E-state index contributed by atoms with van der Waals surface area (Å²) in [5.74, 6) is 0.380. The molecule has 4 rings (SSSR count). The first-order chi connectivity index (χ1) is 12.3. The van der Waals surface area contributed by atoms with E-state index < -0.39 is 11.7 Å². The summed E-state index contributed by atoms with van der Waals surface area (Å²) >= 11 is 0. The quantitative estimate of drug-likeness (QED) is 0.803. The van der Waals surface area contributed by atoms with Gasteiger partial charge in [-0.1, -0.05) is 11.2 Å². The Bertz CT molecular complexity index is 877. The Morgan fingerprint density at radius 1 is 1.31 bits per heavy atom. The van der Waals surface area contributed by atoms with Crippen LogP contribution in [-0.2, 0) is 11.0 Å². The first kappa shape index (κ1) is 17.1. The number of ketones is 1. The number of fused-ring (bicyclic) bond motifs is 1. The number of Topliss-reactive ketones (excluding diaryl/α,β-unsaturated/α-hetero) is 1. The second-order valence-corrected chi connectivity index (χ2v) is 7.13. The van der Waals surface area contributed by atoms with Gasteiger partial charge in [0.25, 0.3) is 0 Å². The lowest BCUT2D eigenvalue weighted by Gasteiger charge is -2.30. The molecular formula is C19H19F3N2O2. The molecule has 0 amide bonds. The highest BCUT2D eigenvalue weighted by Crippen LogP contribution is 2.41. The highest BCUT2D eigenvalue weighted by Gasteiger charge is 2.37. The van der Waals surface area contributed by atoms with Crippen LogP contribution in [-0.4, -0.2) is 28.9 Å². The Morgan fingerprint density at radius 2 is 2.04 bits per heavy atom. The minimum atomic E-state index is -4.45. The molecule has 2 aromatic rings. The lowest BCUT2D eigenvalue weighted by Crippen LogP contribution is -2.28. The van der Waals surface area contributed by atoms with Gasteiger partial charge in [0.2, 0.25) is 0 Å². The number of para-hydroxylation sites is 1. The number of allylic oxidation sites excluding steroid dienone is 1. The van der Waals surface area contributed by atoms with Crippen molar-refractivity contribution in [3.8, 4) is 0 Å². The van der Waals surface area contributed by atoms with Gasteiger partial charge in [-0.2, -0.15) is 13.2 Å². The second-order valence-electron chi connectivity index (χ2n) is 7.13. The lowest BCUT2D eigenvalue weighted by atomic mass is 9.91. The fourth-order valence-corrected chi connectivity index (χ4v) is 3.76. The van der Waals surface area contributed by atoms with Gasteiger partial charge in [0.05, 0.1) is 5.69 Å². The summed E-state index contributed by atoms with van der Waals surface area (Å²) in [5, 5.41) is 4.43. The van der Waals surface area contributed by atoms with E-state index in [1.165, 1.54) is 11.6 Å². The van der Waals surface area contributed by atoms with Gasteiger partial charge >= 0.3 is 6.18 Å². The van der Waals surface area contributed by atoms with Crippen molar-refractivity contribution in [2.75, 3.05) is 13.1 Å². The van der Waals surface area contributed by atoms with Crippen molar-refractivity contribution in [1.29, 1.82) is 0 Å². The largest absolute Gasteiger partial charge is 0.420 e. The highest BCUT2D eigenvalue weighted by atomic mass is 19.4. The summed E-state index contributed by atoms with van der Waals surface area (Å²) in [6.45, 7) is 3.21. The predicted molar refractivity (Wildman–Crippen MR) is 89.4 cm³/mol. The number of halogens is 3. The average molecular weight is 364 g/mol. The van der Waals surface area contributed by atoms with Gasteiger partial charge < -0.3 is 9.42 Å². The zero-order chi connectivity index (χ0) is 18.5. The number of aromatic nitrogens is 1. The van der Waals surface area contributed by atoms with Crippen molar-refractivity contribution in [1.82, 2.24) is 10.1 Å². The molecular weight excluding hydrogens is 345 g/mol. The first-order valence-electron chi connectivity index (χ1n) is 8.75. The topological polar surface area (TPSA) is 46.3 Å². The summed E-state index contributed by atoms with van der Waals surface area (Å²) in [6, 6.07) is 4.07. The molecule has 138 valence electrons. The molecule has 2 aliphatic rings. The smallest absolute Gasteiger partial charge is 0.377 e. The van der Waals surface area contributed by atoms with Crippen LogP contribution in [0.3, 0.4) is 0 Å². The van der Waals surface area contributed by atoms with Gasteiger partial charge in [0.1, 0.15) is 11.3 Å². The Labute approximate surface area is 148 Å². The third-order valence-electron chi connectivity index (χ3n) is 5.31. The molecule has 26 heavy (non-hydrogen) atoms. The van der Waals surface area contributed by atoms with Crippen molar-refractivity contribution >= 4 is 16.8 Å². The summed E-state index contributed by atoms with van der Waals surface area (Å²) in [4.78, 5) is 13.5. The van der Waals surface area contributed by atoms with Gasteiger partial charge in [-0.05, 0) is 50.1 Å². The van der Waals surface area contributed by atoms with Gasteiger partial charge in [-0.3, -0.25) is 4.79 Å². The number of benzene rings is 1. The monoisotopic (exact) mass is 364 g/mol. The summed E-state index contributed by atoms with van der Waals surface area (Å²) in [5.41, 5.74) is 0.839. The van der Waals surface area contributed by atoms with E-state index in [0.717, 1.165) is 38.4 Å². The number of alkyl halides is 3. The number of hydrogen-bond donors (Lipinski definition) is 0. The van der Waals surface area contributed by atoms with E-state index in [4.69, 9.17) is 4.52 Å². The molecule has 1 saturated heterocycles. The molecule has 2 fully saturated rings. The minimum absolute atomic E-state index is 0.0807. The van der Waals surface area contributed by atoms with E-state index in [1.807, 2.05) is 0 Å². The molecule has 1 saturated carbocycles. The molecule has 0 unspecified atom stereocenters. The SMILES string of the molecule is CC(=O)[C@@H]1C/C1=C\N1CCC(c2noc3c(C(F)(F)F)cccc23)CC1. The molecule has 1 aliphatic heterocycles. The highest BCUT2D eigenvalue weighted by molar-refractivity contribution is 5.85. The summed E-state index contributed by atoms with van der Waals surface area (Å²) in [7, 11) is 0. The van der Waals surface area contributed by atoms with E-state index in [0.29, 0.717) is 11.1 Å². The average Bonchev–Trinajstić information content (AvgIpc) is 3.23. The fourth-order valence-electron chi connectivity index (χ4n) is 3.76. The zero-order valence-electron chi connectivity index (χ0n) is 14.3. The van der Waals surface area contributed by atoms with E-state index in [-0.39, 0.29) is 23.2 Å². The number of rotatable bonds is 3. The van der Waals surface area contributed by atoms with E-state index in [2.05, 4.69) is 16.3 Å². The molecule has 7 heteroatoms. The van der Waals surface area contributed by atoms with E-state index in [9.17, 15) is 18.0 Å². The van der Waals surface area contributed by atoms with Crippen molar-refractivity contribution in [3.63, 3.8) is 0 Å². The third kappa shape index (κ3) is 3.10. The van der Waals surface area contributed by atoms with Crippen LogP contribution in [0.15, 0.2) is 34.5 Å².